The summed E-state index contributed by atoms with van der Waals surface area (Å²) < 4.78 is 12.6. The molecule has 0 amide bonds. The van der Waals surface area contributed by atoms with E-state index in [1.165, 1.54) is 12.1 Å². The third-order valence-electron chi connectivity index (χ3n) is 1.51. The van der Waals surface area contributed by atoms with Crippen LogP contribution in [0.1, 0.15) is 18.5 Å². The van der Waals surface area contributed by atoms with Crippen molar-refractivity contribution in [3.63, 3.8) is 0 Å². The minimum absolute atomic E-state index is 0.342. The number of para-hydroxylation sites is 1. The summed E-state index contributed by atoms with van der Waals surface area (Å²) in [6.07, 6.45) is 0. The average Bonchev–Trinajstić information content (AvgIpc) is 1.94. The van der Waals surface area contributed by atoms with Gasteiger partial charge < -0.3 is 10.8 Å². The van der Waals surface area contributed by atoms with Gasteiger partial charge in [-0.15, -0.1) is 0 Å². The van der Waals surface area contributed by atoms with Gasteiger partial charge in [0.2, 0.25) is 0 Å². The quantitative estimate of drug-likeness (QED) is 0.646. The Kier molecular flexibility index (Phi) is 2.10. The molecule has 0 unspecified atom stereocenters. The number of rotatable bonds is 1. The molecule has 0 aliphatic heterocycles. The second kappa shape index (κ2) is 2.88. The van der Waals surface area contributed by atoms with Crippen LogP contribution in [0.3, 0.4) is 0 Å². The molecule has 0 fully saturated rings. The van der Waals surface area contributed by atoms with Gasteiger partial charge in [0.05, 0.1) is 0 Å². The van der Waals surface area contributed by atoms with E-state index in [4.69, 9.17) is 10.8 Å². The number of aromatic hydroxyl groups is 1. The third kappa shape index (κ3) is 1.49. The highest BCUT2D eigenvalue weighted by Gasteiger charge is 2.08. The summed E-state index contributed by atoms with van der Waals surface area (Å²) in [4.78, 5) is 0. The lowest BCUT2D eigenvalue weighted by Crippen LogP contribution is -2.05. The summed E-state index contributed by atoms with van der Waals surface area (Å²) in [6.45, 7) is 1.69. The molecular formula is C8H10FNO. The molecule has 0 aliphatic carbocycles. The summed E-state index contributed by atoms with van der Waals surface area (Å²) >= 11 is 0. The van der Waals surface area contributed by atoms with Crippen molar-refractivity contribution in [3.05, 3.63) is 29.6 Å². The van der Waals surface area contributed by atoms with Crippen molar-refractivity contribution in [3.8, 4) is 5.75 Å². The molecule has 2 nitrogen and oxygen atoms in total. The number of halogens is 1. The summed E-state index contributed by atoms with van der Waals surface area (Å²) in [7, 11) is 0. The Hall–Kier alpha value is -1.09. The zero-order chi connectivity index (χ0) is 8.43. The fraction of sp³-hybridized carbons (Fsp3) is 0.250. The smallest absolute Gasteiger partial charge is 0.165 e. The van der Waals surface area contributed by atoms with Gasteiger partial charge in [0.1, 0.15) is 0 Å². The second-order valence-electron chi connectivity index (χ2n) is 2.47. The van der Waals surface area contributed by atoms with Crippen molar-refractivity contribution in [1.29, 1.82) is 0 Å². The minimum Gasteiger partial charge on any atom is -0.505 e. The first-order valence-electron chi connectivity index (χ1n) is 3.36. The molecule has 0 radical (unpaired) electrons. The van der Waals surface area contributed by atoms with Crippen LogP contribution in [0, 0.1) is 5.82 Å². The number of nitrogens with two attached hydrogens (primary N) is 1. The first-order valence-corrected chi connectivity index (χ1v) is 3.36. The lowest BCUT2D eigenvalue weighted by molar-refractivity contribution is 0.422. The zero-order valence-electron chi connectivity index (χ0n) is 6.21. The van der Waals surface area contributed by atoms with Crippen molar-refractivity contribution in [2.45, 2.75) is 13.0 Å². The minimum atomic E-state index is -0.625. The van der Waals surface area contributed by atoms with E-state index in [1.807, 2.05) is 0 Å². The molecule has 60 valence electrons. The first kappa shape index (κ1) is 8.01. The summed E-state index contributed by atoms with van der Waals surface area (Å²) in [5.74, 6) is -0.970. The highest BCUT2D eigenvalue weighted by Crippen LogP contribution is 2.24. The van der Waals surface area contributed by atoms with Crippen molar-refractivity contribution in [2.75, 3.05) is 0 Å². The Morgan fingerprint density at radius 2 is 2.18 bits per heavy atom. The van der Waals surface area contributed by atoms with Crippen LogP contribution in [0.2, 0.25) is 0 Å². The summed E-state index contributed by atoms with van der Waals surface area (Å²) in [5, 5.41) is 9.11. The largest absolute Gasteiger partial charge is 0.505 e. The Bertz CT molecular complexity index is 260. The van der Waals surface area contributed by atoms with Crippen LogP contribution in [0.5, 0.6) is 5.75 Å². The van der Waals surface area contributed by atoms with Gasteiger partial charge in [-0.1, -0.05) is 12.1 Å². The maximum atomic E-state index is 12.6. The number of phenols is 1. The number of phenolic OH excluding ortho intramolecular Hbond substituents is 1. The van der Waals surface area contributed by atoms with E-state index >= 15 is 0 Å². The van der Waals surface area contributed by atoms with E-state index < -0.39 is 5.82 Å². The lowest BCUT2D eigenvalue weighted by Gasteiger charge is -2.07. The van der Waals surface area contributed by atoms with Gasteiger partial charge >= 0.3 is 0 Å². The number of benzene rings is 1. The number of hydrogen-bond acceptors (Lipinski definition) is 2. The molecule has 0 saturated heterocycles. The van der Waals surface area contributed by atoms with Gasteiger partial charge in [0, 0.05) is 11.6 Å². The maximum absolute atomic E-state index is 12.6. The van der Waals surface area contributed by atoms with Crippen LogP contribution in [-0.4, -0.2) is 5.11 Å². The molecule has 1 atom stereocenters. The van der Waals surface area contributed by atoms with Gasteiger partial charge in [0.25, 0.3) is 0 Å². The normalized spacial score (nSPS) is 13.0. The van der Waals surface area contributed by atoms with E-state index in [-0.39, 0.29) is 11.8 Å². The molecule has 0 saturated carbocycles. The van der Waals surface area contributed by atoms with E-state index in [0.717, 1.165) is 0 Å². The second-order valence-corrected chi connectivity index (χ2v) is 2.47. The molecule has 1 aromatic carbocycles. The van der Waals surface area contributed by atoms with Crippen molar-refractivity contribution in [1.82, 2.24) is 0 Å². The molecule has 0 bridgehead atoms. The van der Waals surface area contributed by atoms with Crippen LogP contribution in [0.15, 0.2) is 18.2 Å². The molecule has 0 heterocycles. The highest BCUT2D eigenvalue weighted by atomic mass is 19.1. The van der Waals surface area contributed by atoms with Gasteiger partial charge in [-0.05, 0) is 13.0 Å². The van der Waals surface area contributed by atoms with Gasteiger partial charge in [-0.25, -0.2) is 4.39 Å². The lowest BCUT2D eigenvalue weighted by atomic mass is 10.1. The predicted molar refractivity (Wildman–Crippen MR) is 40.7 cm³/mol. The summed E-state index contributed by atoms with van der Waals surface area (Å²) in [6, 6.07) is 3.98. The number of hydrogen-bond donors (Lipinski definition) is 2. The topological polar surface area (TPSA) is 46.2 Å². The van der Waals surface area contributed by atoms with Crippen LogP contribution >= 0.6 is 0 Å². The van der Waals surface area contributed by atoms with Gasteiger partial charge in [0.15, 0.2) is 11.6 Å². The molecule has 0 aliphatic rings. The molecule has 3 heteroatoms. The van der Waals surface area contributed by atoms with Crippen LogP contribution < -0.4 is 5.73 Å². The van der Waals surface area contributed by atoms with E-state index in [1.54, 1.807) is 13.0 Å². The van der Waals surface area contributed by atoms with Gasteiger partial charge in [-0.3, -0.25) is 0 Å². The van der Waals surface area contributed by atoms with Crippen molar-refractivity contribution < 1.29 is 9.50 Å². The van der Waals surface area contributed by atoms with Crippen molar-refractivity contribution >= 4 is 0 Å². The van der Waals surface area contributed by atoms with Crippen LogP contribution in [0.4, 0.5) is 4.39 Å². The highest BCUT2D eigenvalue weighted by molar-refractivity contribution is 5.35. The Balaban J connectivity index is 3.17. The SMILES string of the molecule is C[C@@H](N)c1cccc(F)c1O. The van der Waals surface area contributed by atoms with Crippen LogP contribution in [-0.2, 0) is 0 Å². The Morgan fingerprint density at radius 1 is 1.55 bits per heavy atom. The van der Waals surface area contributed by atoms with Crippen molar-refractivity contribution in [2.24, 2.45) is 5.73 Å². The fourth-order valence-corrected chi connectivity index (χ4v) is 0.899. The molecule has 0 aromatic heterocycles. The Morgan fingerprint density at radius 3 is 2.64 bits per heavy atom. The summed E-state index contributed by atoms with van der Waals surface area (Å²) in [5.41, 5.74) is 5.89. The average molecular weight is 155 g/mol. The molecule has 1 aromatic rings. The molecule has 1 rings (SSSR count). The fourth-order valence-electron chi connectivity index (χ4n) is 0.899. The molecule has 11 heavy (non-hydrogen) atoms. The standard InChI is InChI=1S/C8H10FNO/c1-5(10)6-3-2-4-7(9)8(6)11/h2-5,11H,10H2,1H3/t5-/m1/s1. The predicted octanol–water partition coefficient (Wildman–Crippen LogP) is 1.55. The molecular weight excluding hydrogens is 145 g/mol. The van der Waals surface area contributed by atoms with E-state index in [0.29, 0.717) is 5.56 Å². The van der Waals surface area contributed by atoms with Crippen LogP contribution in [0.25, 0.3) is 0 Å². The molecule has 3 N–H and O–H groups in total. The van der Waals surface area contributed by atoms with E-state index in [9.17, 15) is 4.39 Å². The van der Waals surface area contributed by atoms with E-state index in [2.05, 4.69) is 0 Å². The zero-order valence-corrected chi connectivity index (χ0v) is 6.21. The first-order chi connectivity index (χ1) is 5.13. The maximum Gasteiger partial charge on any atom is 0.165 e. The third-order valence-corrected chi connectivity index (χ3v) is 1.51. The molecule has 0 spiro atoms. The Labute approximate surface area is 64.5 Å². The monoisotopic (exact) mass is 155 g/mol. The van der Waals surface area contributed by atoms with Gasteiger partial charge in [-0.2, -0.15) is 0 Å².